The minimum absolute atomic E-state index is 0.0199. The molecule has 6 nitrogen and oxygen atoms in total. The van der Waals surface area contributed by atoms with E-state index in [1.807, 2.05) is 62.0 Å². The van der Waals surface area contributed by atoms with Crippen molar-refractivity contribution in [3.63, 3.8) is 0 Å². The predicted octanol–water partition coefficient (Wildman–Crippen LogP) is 2.06. The zero-order chi connectivity index (χ0) is 17.7. The fraction of sp³-hybridized carbons (Fsp3) is 0.556. The summed E-state index contributed by atoms with van der Waals surface area (Å²) in [6.45, 7) is 5.24. The van der Waals surface area contributed by atoms with Crippen LogP contribution in [0.3, 0.4) is 0 Å². The van der Waals surface area contributed by atoms with E-state index in [1.54, 1.807) is 0 Å². The van der Waals surface area contributed by atoms with Gasteiger partial charge in [-0.15, -0.1) is 0 Å². The second-order valence-electron chi connectivity index (χ2n) is 6.78. The lowest BCUT2D eigenvalue weighted by atomic mass is 10.0. The molecule has 132 valence electrons. The minimum Gasteiger partial charge on any atom is -0.378 e. The van der Waals surface area contributed by atoms with Gasteiger partial charge in [-0.25, -0.2) is 4.79 Å². The molecule has 1 fully saturated rings. The van der Waals surface area contributed by atoms with Crippen LogP contribution in [0.1, 0.15) is 37.0 Å². The Morgan fingerprint density at radius 1 is 1.21 bits per heavy atom. The Hall–Kier alpha value is -2.24. The molecule has 1 saturated heterocycles. The Bertz CT molecular complexity index is 578. The van der Waals surface area contributed by atoms with E-state index >= 15 is 0 Å². The third-order valence-corrected chi connectivity index (χ3v) is 4.15. The van der Waals surface area contributed by atoms with E-state index < -0.39 is 0 Å². The SMILES string of the molecule is CC(C)NC(=O)N1CCC(NC(=O)c2cccc(N(C)C)c2)CC1. The molecule has 0 bridgehead atoms. The highest BCUT2D eigenvalue weighted by Gasteiger charge is 2.24. The number of carbonyl (C=O) groups is 2. The summed E-state index contributed by atoms with van der Waals surface area (Å²) in [7, 11) is 3.91. The van der Waals surface area contributed by atoms with Crippen LogP contribution in [0.2, 0.25) is 0 Å². The fourth-order valence-electron chi connectivity index (χ4n) is 2.76. The van der Waals surface area contributed by atoms with Crippen molar-refractivity contribution in [1.29, 1.82) is 0 Å². The minimum atomic E-state index is -0.0521. The van der Waals surface area contributed by atoms with Crippen molar-refractivity contribution in [2.75, 3.05) is 32.1 Å². The average molecular weight is 332 g/mol. The quantitative estimate of drug-likeness (QED) is 0.887. The molecule has 1 aromatic carbocycles. The zero-order valence-corrected chi connectivity index (χ0v) is 15.0. The molecule has 24 heavy (non-hydrogen) atoms. The van der Waals surface area contributed by atoms with Gasteiger partial charge in [0, 0.05) is 50.5 Å². The molecule has 0 atom stereocenters. The van der Waals surface area contributed by atoms with Crippen molar-refractivity contribution in [1.82, 2.24) is 15.5 Å². The van der Waals surface area contributed by atoms with Crippen molar-refractivity contribution in [3.8, 4) is 0 Å². The maximum Gasteiger partial charge on any atom is 0.317 e. The molecular formula is C18H28N4O2. The first-order valence-electron chi connectivity index (χ1n) is 8.50. The highest BCUT2D eigenvalue weighted by molar-refractivity contribution is 5.95. The Labute approximate surface area is 144 Å². The fourth-order valence-corrected chi connectivity index (χ4v) is 2.76. The summed E-state index contributed by atoms with van der Waals surface area (Å²) >= 11 is 0. The molecule has 6 heteroatoms. The van der Waals surface area contributed by atoms with Crippen LogP contribution >= 0.6 is 0 Å². The van der Waals surface area contributed by atoms with E-state index in [1.165, 1.54) is 0 Å². The number of piperidine rings is 1. The second kappa shape index (κ2) is 8.04. The third-order valence-electron chi connectivity index (χ3n) is 4.15. The summed E-state index contributed by atoms with van der Waals surface area (Å²) in [6.07, 6.45) is 1.56. The molecule has 0 aliphatic carbocycles. The average Bonchev–Trinajstić information content (AvgIpc) is 2.55. The number of rotatable bonds is 4. The highest BCUT2D eigenvalue weighted by atomic mass is 16.2. The molecule has 0 unspecified atom stereocenters. The number of hydrogen-bond acceptors (Lipinski definition) is 3. The molecule has 0 spiro atoms. The maximum absolute atomic E-state index is 12.4. The van der Waals surface area contributed by atoms with Gasteiger partial charge in [-0.05, 0) is 44.9 Å². The standard InChI is InChI=1S/C18H28N4O2/c1-13(2)19-18(24)22-10-8-15(9-11-22)20-17(23)14-6-5-7-16(12-14)21(3)4/h5-7,12-13,15H,8-11H2,1-4H3,(H,19,24)(H,20,23). The van der Waals surface area contributed by atoms with Gasteiger partial charge in [-0.2, -0.15) is 0 Å². The number of anilines is 1. The van der Waals surface area contributed by atoms with Crippen LogP contribution < -0.4 is 15.5 Å². The number of likely N-dealkylation sites (tertiary alicyclic amines) is 1. The molecule has 1 heterocycles. The van der Waals surface area contributed by atoms with E-state index in [0.717, 1.165) is 18.5 Å². The van der Waals surface area contributed by atoms with Crippen molar-refractivity contribution in [2.24, 2.45) is 0 Å². The van der Waals surface area contributed by atoms with Crippen LogP contribution in [0.15, 0.2) is 24.3 Å². The van der Waals surface area contributed by atoms with E-state index in [9.17, 15) is 9.59 Å². The van der Waals surface area contributed by atoms with Gasteiger partial charge in [0.15, 0.2) is 0 Å². The molecule has 3 amide bonds. The molecule has 1 aromatic rings. The van der Waals surface area contributed by atoms with Gasteiger partial charge in [0.2, 0.25) is 0 Å². The van der Waals surface area contributed by atoms with Gasteiger partial charge < -0.3 is 20.4 Å². The van der Waals surface area contributed by atoms with E-state index in [0.29, 0.717) is 18.7 Å². The van der Waals surface area contributed by atoms with E-state index in [4.69, 9.17) is 0 Å². The van der Waals surface area contributed by atoms with Gasteiger partial charge in [0.1, 0.15) is 0 Å². The van der Waals surface area contributed by atoms with Crippen LogP contribution in [0, 0.1) is 0 Å². The Morgan fingerprint density at radius 3 is 2.46 bits per heavy atom. The molecule has 2 N–H and O–H groups in total. The zero-order valence-electron chi connectivity index (χ0n) is 15.0. The predicted molar refractivity (Wildman–Crippen MR) is 96.5 cm³/mol. The molecular weight excluding hydrogens is 304 g/mol. The topological polar surface area (TPSA) is 64.7 Å². The summed E-state index contributed by atoms with van der Waals surface area (Å²) in [5.41, 5.74) is 1.67. The van der Waals surface area contributed by atoms with Gasteiger partial charge in [0.05, 0.1) is 0 Å². The Balaban J connectivity index is 1.86. The third kappa shape index (κ3) is 4.88. The monoisotopic (exact) mass is 332 g/mol. The molecule has 2 rings (SSSR count). The Kier molecular flexibility index (Phi) is 6.06. The lowest BCUT2D eigenvalue weighted by molar-refractivity contribution is 0.0918. The summed E-state index contributed by atoms with van der Waals surface area (Å²) in [5, 5.41) is 5.99. The number of amides is 3. The molecule has 0 aromatic heterocycles. The normalized spacial score (nSPS) is 15.3. The molecule has 0 radical (unpaired) electrons. The van der Waals surface area contributed by atoms with Crippen LogP contribution in [-0.4, -0.2) is 56.1 Å². The highest BCUT2D eigenvalue weighted by Crippen LogP contribution is 2.15. The Morgan fingerprint density at radius 2 is 1.88 bits per heavy atom. The van der Waals surface area contributed by atoms with Crippen molar-refractivity contribution >= 4 is 17.6 Å². The van der Waals surface area contributed by atoms with Crippen LogP contribution in [0.4, 0.5) is 10.5 Å². The number of hydrogen-bond donors (Lipinski definition) is 2. The van der Waals surface area contributed by atoms with Gasteiger partial charge in [0.25, 0.3) is 5.91 Å². The van der Waals surface area contributed by atoms with Gasteiger partial charge in [-0.1, -0.05) is 6.07 Å². The van der Waals surface area contributed by atoms with E-state index in [-0.39, 0.29) is 24.0 Å². The van der Waals surface area contributed by atoms with Crippen molar-refractivity contribution in [2.45, 2.75) is 38.8 Å². The molecule has 1 aliphatic rings. The van der Waals surface area contributed by atoms with Crippen molar-refractivity contribution < 1.29 is 9.59 Å². The summed E-state index contributed by atoms with van der Waals surface area (Å²) in [4.78, 5) is 28.2. The first-order chi connectivity index (χ1) is 11.4. The first-order valence-corrected chi connectivity index (χ1v) is 8.50. The van der Waals surface area contributed by atoms with E-state index in [2.05, 4.69) is 10.6 Å². The smallest absolute Gasteiger partial charge is 0.317 e. The summed E-state index contributed by atoms with van der Waals surface area (Å²) < 4.78 is 0. The van der Waals surface area contributed by atoms with Gasteiger partial charge >= 0.3 is 6.03 Å². The molecule has 1 aliphatic heterocycles. The number of benzene rings is 1. The van der Waals surface area contributed by atoms with Crippen LogP contribution in [0.5, 0.6) is 0 Å². The van der Waals surface area contributed by atoms with Crippen LogP contribution in [0.25, 0.3) is 0 Å². The lowest BCUT2D eigenvalue weighted by Gasteiger charge is -2.33. The number of carbonyl (C=O) groups excluding carboxylic acids is 2. The van der Waals surface area contributed by atoms with Crippen molar-refractivity contribution in [3.05, 3.63) is 29.8 Å². The first kappa shape index (κ1) is 18.1. The maximum atomic E-state index is 12.4. The summed E-state index contributed by atoms with van der Waals surface area (Å²) in [6, 6.07) is 7.82. The number of urea groups is 1. The van der Waals surface area contributed by atoms with Gasteiger partial charge in [-0.3, -0.25) is 4.79 Å². The number of nitrogens with one attached hydrogen (secondary N) is 2. The second-order valence-corrected chi connectivity index (χ2v) is 6.78. The summed E-state index contributed by atoms with van der Waals surface area (Å²) in [5.74, 6) is -0.0521. The number of nitrogens with zero attached hydrogens (tertiary/aromatic N) is 2. The largest absolute Gasteiger partial charge is 0.378 e. The molecule has 0 saturated carbocycles. The lowest BCUT2D eigenvalue weighted by Crippen LogP contribution is -2.50. The van der Waals surface area contributed by atoms with Crippen LogP contribution in [-0.2, 0) is 0 Å².